The molecule has 2 fully saturated rings. The van der Waals surface area contributed by atoms with E-state index in [2.05, 4.69) is 5.32 Å². The van der Waals surface area contributed by atoms with E-state index in [0.717, 1.165) is 25.4 Å². The highest BCUT2D eigenvalue weighted by Crippen LogP contribution is 2.34. The Morgan fingerprint density at radius 3 is 2.67 bits per heavy atom. The lowest BCUT2D eigenvalue weighted by Gasteiger charge is -2.17. The Morgan fingerprint density at radius 1 is 1.40 bits per heavy atom. The summed E-state index contributed by atoms with van der Waals surface area (Å²) in [5.74, 6) is 0.748. The number of rotatable bonds is 8. The van der Waals surface area contributed by atoms with Crippen molar-refractivity contribution in [3.8, 4) is 0 Å². The summed E-state index contributed by atoms with van der Waals surface area (Å²) in [6.45, 7) is 1.89. The summed E-state index contributed by atoms with van der Waals surface area (Å²) in [4.78, 5) is 0. The molecule has 1 unspecified atom stereocenters. The molecule has 2 aliphatic carbocycles. The van der Waals surface area contributed by atoms with E-state index in [-0.39, 0.29) is 12.1 Å². The van der Waals surface area contributed by atoms with Crippen LogP contribution in [0, 0.1) is 5.92 Å². The number of β-amino-alcohol motifs (C(OH)–C–C–N with tert-alkyl or cyclic N) is 1. The van der Waals surface area contributed by atoms with Crippen LogP contribution in [-0.2, 0) is 4.74 Å². The predicted octanol–water partition coefficient (Wildman–Crippen LogP) is -0.112. The maximum atomic E-state index is 9.60. The van der Waals surface area contributed by atoms with Crippen LogP contribution in [0.5, 0.6) is 0 Å². The first-order chi connectivity index (χ1) is 7.24. The Bertz CT molecular complexity index is 202. The second-order valence-corrected chi connectivity index (χ2v) is 4.95. The Labute approximate surface area is 90.6 Å². The zero-order chi connectivity index (χ0) is 10.7. The molecule has 3 N–H and O–H groups in total. The summed E-state index contributed by atoms with van der Waals surface area (Å²) in [6, 6.07) is 0. The molecular weight excluding hydrogens is 194 g/mol. The largest absolute Gasteiger partial charge is 0.394 e. The number of hydrogen-bond acceptors (Lipinski definition) is 4. The third-order valence-corrected chi connectivity index (χ3v) is 3.23. The van der Waals surface area contributed by atoms with Crippen molar-refractivity contribution in [3.05, 3.63) is 0 Å². The maximum Gasteiger partial charge on any atom is 0.0897 e. The third-order valence-electron chi connectivity index (χ3n) is 3.23. The molecule has 1 atom stereocenters. The Morgan fingerprint density at radius 2 is 2.13 bits per heavy atom. The topological polar surface area (TPSA) is 61.7 Å². The second kappa shape index (κ2) is 4.78. The molecule has 0 heterocycles. The molecule has 88 valence electrons. The smallest absolute Gasteiger partial charge is 0.0897 e. The molecule has 2 rings (SSSR count). The van der Waals surface area contributed by atoms with Gasteiger partial charge in [-0.05, 0) is 31.6 Å². The van der Waals surface area contributed by atoms with Gasteiger partial charge >= 0.3 is 0 Å². The van der Waals surface area contributed by atoms with E-state index < -0.39 is 6.10 Å². The lowest BCUT2D eigenvalue weighted by molar-refractivity contribution is 0.0295. The lowest BCUT2D eigenvalue weighted by Crippen LogP contribution is -2.41. The first-order valence-electron chi connectivity index (χ1n) is 5.86. The quantitative estimate of drug-likeness (QED) is 0.528. The molecule has 2 aliphatic rings. The van der Waals surface area contributed by atoms with Crippen LogP contribution >= 0.6 is 0 Å². The Hall–Kier alpha value is -0.160. The summed E-state index contributed by atoms with van der Waals surface area (Å²) in [5.41, 5.74) is -0.0858. The molecule has 4 heteroatoms. The van der Waals surface area contributed by atoms with Crippen molar-refractivity contribution in [1.29, 1.82) is 0 Å². The van der Waals surface area contributed by atoms with E-state index >= 15 is 0 Å². The summed E-state index contributed by atoms with van der Waals surface area (Å²) in [5, 5.41) is 21.8. The number of nitrogens with one attached hydrogen (secondary N) is 1. The molecule has 4 nitrogen and oxygen atoms in total. The number of hydrogen-bond donors (Lipinski definition) is 3. The van der Waals surface area contributed by atoms with Gasteiger partial charge in [-0.2, -0.15) is 0 Å². The van der Waals surface area contributed by atoms with Crippen molar-refractivity contribution in [1.82, 2.24) is 5.32 Å². The van der Waals surface area contributed by atoms with Gasteiger partial charge < -0.3 is 20.3 Å². The van der Waals surface area contributed by atoms with Crippen LogP contribution in [0.25, 0.3) is 0 Å². The van der Waals surface area contributed by atoms with Crippen molar-refractivity contribution < 1.29 is 14.9 Å². The second-order valence-electron chi connectivity index (χ2n) is 4.95. The van der Waals surface area contributed by atoms with E-state index in [1.54, 1.807) is 0 Å². The van der Waals surface area contributed by atoms with Gasteiger partial charge in [0, 0.05) is 18.7 Å². The van der Waals surface area contributed by atoms with Gasteiger partial charge in [-0.15, -0.1) is 0 Å². The van der Waals surface area contributed by atoms with E-state index in [1.807, 2.05) is 0 Å². The molecule has 0 bridgehead atoms. The first-order valence-corrected chi connectivity index (χ1v) is 5.86. The van der Waals surface area contributed by atoms with Gasteiger partial charge in [-0.25, -0.2) is 0 Å². The Balaban J connectivity index is 1.50. The minimum Gasteiger partial charge on any atom is -0.394 e. The van der Waals surface area contributed by atoms with Crippen LogP contribution in [0.2, 0.25) is 0 Å². The van der Waals surface area contributed by atoms with Crippen LogP contribution in [0.3, 0.4) is 0 Å². The van der Waals surface area contributed by atoms with Crippen molar-refractivity contribution in [2.45, 2.75) is 37.3 Å². The molecule has 0 radical (unpaired) electrons. The maximum absolute atomic E-state index is 9.60. The fourth-order valence-corrected chi connectivity index (χ4v) is 1.59. The van der Waals surface area contributed by atoms with Crippen LogP contribution in [0.1, 0.15) is 25.7 Å². The molecule has 0 aromatic rings. The van der Waals surface area contributed by atoms with E-state index in [1.165, 1.54) is 12.8 Å². The monoisotopic (exact) mass is 215 g/mol. The minimum atomic E-state index is -0.451. The van der Waals surface area contributed by atoms with Gasteiger partial charge in [0.05, 0.1) is 19.3 Å². The van der Waals surface area contributed by atoms with E-state index in [4.69, 9.17) is 9.84 Å². The van der Waals surface area contributed by atoms with Gasteiger partial charge in [-0.1, -0.05) is 0 Å². The first kappa shape index (κ1) is 11.3. The summed E-state index contributed by atoms with van der Waals surface area (Å²) < 4.78 is 5.39. The standard InChI is InChI=1S/C11H21NO3/c13-8-11(3-4-11)12-5-10(14)7-15-6-9-1-2-9/h9-10,12-14H,1-8H2. The fourth-order valence-electron chi connectivity index (χ4n) is 1.59. The summed E-state index contributed by atoms with van der Waals surface area (Å²) in [7, 11) is 0. The number of aliphatic hydroxyl groups excluding tert-OH is 2. The number of aliphatic hydroxyl groups is 2. The molecule has 0 amide bonds. The van der Waals surface area contributed by atoms with E-state index in [9.17, 15) is 5.11 Å². The van der Waals surface area contributed by atoms with Gasteiger partial charge in [0.2, 0.25) is 0 Å². The summed E-state index contributed by atoms with van der Waals surface area (Å²) >= 11 is 0. The molecule has 15 heavy (non-hydrogen) atoms. The van der Waals surface area contributed by atoms with Gasteiger partial charge in [0.1, 0.15) is 0 Å². The van der Waals surface area contributed by atoms with Gasteiger partial charge in [0.25, 0.3) is 0 Å². The van der Waals surface area contributed by atoms with Crippen molar-refractivity contribution in [3.63, 3.8) is 0 Å². The Kier molecular flexibility index (Phi) is 3.61. The fraction of sp³-hybridized carbons (Fsp3) is 1.00. The van der Waals surface area contributed by atoms with Crippen LogP contribution in [0.4, 0.5) is 0 Å². The normalized spacial score (nSPS) is 25.2. The predicted molar refractivity (Wildman–Crippen MR) is 56.6 cm³/mol. The zero-order valence-corrected chi connectivity index (χ0v) is 9.11. The van der Waals surface area contributed by atoms with Gasteiger partial charge in [0.15, 0.2) is 0 Å². The molecular formula is C11H21NO3. The van der Waals surface area contributed by atoms with Crippen LogP contribution < -0.4 is 5.32 Å². The molecule has 0 aromatic carbocycles. The van der Waals surface area contributed by atoms with Crippen molar-refractivity contribution in [2.75, 3.05) is 26.4 Å². The average Bonchev–Trinajstić information content (AvgIpc) is 3.11. The highest BCUT2D eigenvalue weighted by Gasteiger charge is 2.41. The molecule has 0 aromatic heterocycles. The average molecular weight is 215 g/mol. The van der Waals surface area contributed by atoms with Crippen LogP contribution in [0.15, 0.2) is 0 Å². The third kappa shape index (κ3) is 3.72. The van der Waals surface area contributed by atoms with E-state index in [0.29, 0.717) is 13.2 Å². The SMILES string of the molecule is OCC1(NCC(O)COCC2CC2)CC1. The molecule has 2 saturated carbocycles. The summed E-state index contributed by atoms with van der Waals surface area (Å²) in [6.07, 6.45) is 4.13. The minimum absolute atomic E-state index is 0.0858. The molecule has 0 spiro atoms. The molecule has 0 aliphatic heterocycles. The highest BCUT2D eigenvalue weighted by molar-refractivity contribution is 5.01. The van der Waals surface area contributed by atoms with Crippen molar-refractivity contribution >= 4 is 0 Å². The molecule has 0 saturated heterocycles. The zero-order valence-electron chi connectivity index (χ0n) is 9.11. The number of ether oxygens (including phenoxy) is 1. The van der Waals surface area contributed by atoms with Crippen LogP contribution in [-0.4, -0.2) is 48.2 Å². The van der Waals surface area contributed by atoms with Gasteiger partial charge in [-0.3, -0.25) is 0 Å². The van der Waals surface area contributed by atoms with Crippen molar-refractivity contribution in [2.24, 2.45) is 5.92 Å². The highest BCUT2D eigenvalue weighted by atomic mass is 16.5. The lowest BCUT2D eigenvalue weighted by atomic mass is 10.2.